The first-order valence-corrected chi connectivity index (χ1v) is 9.15. The summed E-state index contributed by atoms with van der Waals surface area (Å²) in [5, 5.41) is 5.93. The maximum atomic E-state index is 12.5. The lowest BCUT2D eigenvalue weighted by atomic mass is 10.1. The van der Waals surface area contributed by atoms with Crippen LogP contribution in [0.15, 0.2) is 48.7 Å². The maximum absolute atomic E-state index is 12.5. The number of carbonyl (C=O) groups excluding carboxylic acids is 2. The highest BCUT2D eigenvalue weighted by atomic mass is 16.2. The maximum Gasteiger partial charge on any atom is 0.251 e. The number of amides is 2. The lowest BCUT2D eigenvalue weighted by molar-refractivity contribution is -0.125. The van der Waals surface area contributed by atoms with E-state index in [1.807, 2.05) is 42.2 Å². The molecule has 0 unspecified atom stereocenters. The van der Waals surface area contributed by atoms with Gasteiger partial charge in [-0.25, -0.2) is 4.98 Å². The number of likely N-dealkylation sites (N-methyl/N-ethyl adjacent to an activating group) is 1. The van der Waals surface area contributed by atoms with Crippen molar-refractivity contribution in [2.45, 2.75) is 32.0 Å². The summed E-state index contributed by atoms with van der Waals surface area (Å²) < 4.78 is 0. The molecular formula is C20H25N5O2. The number of rotatable bonds is 6. The number of anilines is 1. The quantitative estimate of drug-likeness (QED) is 0.712. The van der Waals surface area contributed by atoms with Crippen LogP contribution in [0.2, 0.25) is 0 Å². The van der Waals surface area contributed by atoms with E-state index in [-0.39, 0.29) is 23.9 Å². The van der Waals surface area contributed by atoms with Gasteiger partial charge in [-0.2, -0.15) is 0 Å². The molecule has 0 bridgehead atoms. The standard InChI is InChI=1S/C20H25N5O2/c1-2-22-20(27)17-11-16(24-19(26)14-7-4-3-5-8-14)13-25(17)12-15-9-6-10-23-18(15)21/h3-10,16-17H,2,11-13H2,1H3,(H2,21,23)(H,22,27)(H,24,26)/t16-,17-/m0/s1. The average Bonchev–Trinajstić information content (AvgIpc) is 3.07. The van der Waals surface area contributed by atoms with E-state index < -0.39 is 0 Å². The highest BCUT2D eigenvalue weighted by Crippen LogP contribution is 2.23. The Bertz CT molecular complexity index is 796. The fraction of sp³-hybridized carbons (Fsp3) is 0.350. The monoisotopic (exact) mass is 367 g/mol. The fourth-order valence-electron chi connectivity index (χ4n) is 3.41. The van der Waals surface area contributed by atoms with Crippen molar-refractivity contribution >= 4 is 17.6 Å². The van der Waals surface area contributed by atoms with E-state index in [4.69, 9.17) is 5.73 Å². The molecule has 1 saturated heterocycles. The van der Waals surface area contributed by atoms with E-state index in [9.17, 15) is 9.59 Å². The molecule has 0 spiro atoms. The molecular weight excluding hydrogens is 342 g/mol. The Morgan fingerprint density at radius 2 is 2.00 bits per heavy atom. The summed E-state index contributed by atoms with van der Waals surface area (Å²) >= 11 is 0. The predicted octanol–water partition coefficient (Wildman–Crippen LogP) is 1.17. The molecule has 7 heteroatoms. The van der Waals surface area contributed by atoms with Crippen molar-refractivity contribution < 1.29 is 9.59 Å². The van der Waals surface area contributed by atoms with Gasteiger partial charge in [-0.1, -0.05) is 24.3 Å². The van der Waals surface area contributed by atoms with Gasteiger partial charge in [-0.3, -0.25) is 14.5 Å². The first kappa shape index (κ1) is 18.8. The number of aromatic nitrogens is 1. The third-order valence-corrected chi connectivity index (χ3v) is 4.73. The smallest absolute Gasteiger partial charge is 0.251 e. The summed E-state index contributed by atoms with van der Waals surface area (Å²) in [6.45, 7) is 3.55. The van der Waals surface area contributed by atoms with E-state index in [0.717, 1.165) is 5.56 Å². The van der Waals surface area contributed by atoms with Gasteiger partial charge in [0, 0.05) is 43.0 Å². The first-order chi connectivity index (χ1) is 13.1. The molecule has 0 aliphatic carbocycles. The number of nitrogen functional groups attached to an aromatic ring is 1. The molecule has 1 aliphatic heterocycles. The van der Waals surface area contributed by atoms with Crippen molar-refractivity contribution in [2.24, 2.45) is 0 Å². The molecule has 1 aromatic heterocycles. The lowest BCUT2D eigenvalue weighted by Crippen LogP contribution is -2.42. The van der Waals surface area contributed by atoms with Crippen molar-refractivity contribution in [2.75, 3.05) is 18.8 Å². The van der Waals surface area contributed by atoms with E-state index in [1.54, 1.807) is 18.3 Å². The Balaban J connectivity index is 1.72. The summed E-state index contributed by atoms with van der Waals surface area (Å²) in [5.41, 5.74) is 7.45. The third-order valence-electron chi connectivity index (χ3n) is 4.73. The number of likely N-dealkylation sites (tertiary alicyclic amines) is 1. The Kier molecular flexibility index (Phi) is 6.03. The van der Waals surface area contributed by atoms with Crippen LogP contribution < -0.4 is 16.4 Å². The highest BCUT2D eigenvalue weighted by Gasteiger charge is 2.37. The number of carbonyl (C=O) groups is 2. The average molecular weight is 367 g/mol. The van der Waals surface area contributed by atoms with Crippen molar-refractivity contribution in [1.82, 2.24) is 20.5 Å². The molecule has 0 radical (unpaired) electrons. The Morgan fingerprint density at radius 3 is 2.70 bits per heavy atom. The van der Waals surface area contributed by atoms with Gasteiger partial charge in [-0.15, -0.1) is 0 Å². The van der Waals surface area contributed by atoms with Crippen LogP contribution >= 0.6 is 0 Å². The van der Waals surface area contributed by atoms with Crippen molar-refractivity contribution in [3.05, 3.63) is 59.8 Å². The molecule has 2 heterocycles. The second kappa shape index (κ2) is 8.64. The molecule has 0 saturated carbocycles. The van der Waals surface area contributed by atoms with Crippen molar-refractivity contribution in [1.29, 1.82) is 0 Å². The number of benzene rings is 1. The van der Waals surface area contributed by atoms with Crippen LogP contribution in [0.3, 0.4) is 0 Å². The second-order valence-corrected chi connectivity index (χ2v) is 6.66. The van der Waals surface area contributed by atoms with Crippen LogP contribution in [0.25, 0.3) is 0 Å². The predicted molar refractivity (Wildman–Crippen MR) is 104 cm³/mol. The van der Waals surface area contributed by atoms with E-state index in [0.29, 0.717) is 37.4 Å². The molecule has 27 heavy (non-hydrogen) atoms. The molecule has 7 nitrogen and oxygen atoms in total. The zero-order valence-corrected chi connectivity index (χ0v) is 15.4. The molecule has 1 fully saturated rings. The zero-order chi connectivity index (χ0) is 19.2. The summed E-state index contributed by atoms with van der Waals surface area (Å²) in [5.74, 6) is 0.304. The molecule has 4 N–H and O–H groups in total. The molecule has 3 rings (SSSR count). The van der Waals surface area contributed by atoms with Gasteiger partial charge in [0.15, 0.2) is 0 Å². The molecule has 2 aromatic rings. The molecule has 1 aliphatic rings. The fourth-order valence-corrected chi connectivity index (χ4v) is 3.41. The summed E-state index contributed by atoms with van der Waals surface area (Å²) in [7, 11) is 0. The molecule has 2 atom stereocenters. The van der Waals surface area contributed by atoms with E-state index in [1.165, 1.54) is 0 Å². The van der Waals surface area contributed by atoms with Crippen LogP contribution in [0.4, 0.5) is 5.82 Å². The minimum absolute atomic E-state index is 0.0311. The third kappa shape index (κ3) is 4.62. The number of hydrogen-bond donors (Lipinski definition) is 3. The van der Waals surface area contributed by atoms with Gasteiger partial charge >= 0.3 is 0 Å². The largest absolute Gasteiger partial charge is 0.383 e. The molecule has 142 valence electrons. The Labute approximate surface area is 159 Å². The molecule has 2 amide bonds. The number of nitrogens with two attached hydrogens (primary N) is 1. The Morgan fingerprint density at radius 1 is 1.22 bits per heavy atom. The van der Waals surface area contributed by atoms with Gasteiger partial charge < -0.3 is 16.4 Å². The van der Waals surface area contributed by atoms with Crippen LogP contribution in [-0.2, 0) is 11.3 Å². The topological polar surface area (TPSA) is 100 Å². The van der Waals surface area contributed by atoms with E-state index >= 15 is 0 Å². The van der Waals surface area contributed by atoms with Gasteiger partial charge in [-0.05, 0) is 31.5 Å². The number of pyridine rings is 1. The minimum atomic E-state index is -0.314. The SMILES string of the molecule is CCNC(=O)[C@@H]1C[C@H](NC(=O)c2ccccc2)CN1Cc1cccnc1N. The van der Waals surface area contributed by atoms with Gasteiger partial charge in [0.25, 0.3) is 5.91 Å². The highest BCUT2D eigenvalue weighted by molar-refractivity contribution is 5.94. The zero-order valence-electron chi connectivity index (χ0n) is 15.4. The van der Waals surface area contributed by atoms with Crippen molar-refractivity contribution in [3.63, 3.8) is 0 Å². The summed E-state index contributed by atoms with van der Waals surface area (Å²) in [4.78, 5) is 31.1. The van der Waals surface area contributed by atoms with Gasteiger partial charge in [0.1, 0.15) is 5.82 Å². The minimum Gasteiger partial charge on any atom is -0.383 e. The van der Waals surface area contributed by atoms with Crippen LogP contribution in [0, 0.1) is 0 Å². The van der Waals surface area contributed by atoms with Gasteiger partial charge in [0.2, 0.25) is 5.91 Å². The van der Waals surface area contributed by atoms with E-state index in [2.05, 4.69) is 15.6 Å². The van der Waals surface area contributed by atoms with Crippen LogP contribution in [-0.4, -0.2) is 46.9 Å². The normalized spacial score (nSPS) is 19.6. The second-order valence-electron chi connectivity index (χ2n) is 6.66. The van der Waals surface area contributed by atoms with Gasteiger partial charge in [0.05, 0.1) is 6.04 Å². The van der Waals surface area contributed by atoms with Crippen molar-refractivity contribution in [3.8, 4) is 0 Å². The first-order valence-electron chi connectivity index (χ1n) is 9.15. The number of nitrogens with one attached hydrogen (secondary N) is 2. The summed E-state index contributed by atoms with van der Waals surface area (Å²) in [6.07, 6.45) is 2.21. The number of hydrogen-bond acceptors (Lipinski definition) is 5. The van der Waals surface area contributed by atoms with Crippen LogP contribution in [0.1, 0.15) is 29.3 Å². The van der Waals surface area contributed by atoms with Crippen LogP contribution in [0.5, 0.6) is 0 Å². The molecule has 1 aromatic carbocycles. The Hall–Kier alpha value is -2.93. The summed E-state index contributed by atoms with van der Waals surface area (Å²) in [6, 6.07) is 12.4. The number of nitrogens with zero attached hydrogens (tertiary/aromatic N) is 2. The lowest BCUT2D eigenvalue weighted by Gasteiger charge is -2.23.